The van der Waals surface area contributed by atoms with Gasteiger partial charge in [-0.25, -0.2) is 4.98 Å². The van der Waals surface area contributed by atoms with Gasteiger partial charge in [0.15, 0.2) is 0 Å². The molecular formula is C20H23N7O2. The minimum atomic E-state index is -0.0152. The Labute approximate surface area is 168 Å². The van der Waals surface area contributed by atoms with E-state index in [0.717, 1.165) is 12.8 Å². The van der Waals surface area contributed by atoms with E-state index in [1.165, 1.54) is 17.6 Å². The maximum absolute atomic E-state index is 10.4. The van der Waals surface area contributed by atoms with E-state index in [1.54, 1.807) is 36.8 Å². The highest BCUT2D eigenvalue weighted by Crippen LogP contribution is 2.43. The lowest BCUT2D eigenvalue weighted by Crippen LogP contribution is -2.56. The Balaban J connectivity index is 1.32. The van der Waals surface area contributed by atoms with Crippen LogP contribution in [0.25, 0.3) is 17.1 Å². The van der Waals surface area contributed by atoms with Crippen molar-refractivity contribution in [2.75, 3.05) is 0 Å². The fraction of sp³-hybridized carbons (Fsp3) is 0.450. The number of ether oxygens (including phenoxy) is 1. The summed E-state index contributed by atoms with van der Waals surface area (Å²) in [5, 5.41) is 30.6. The van der Waals surface area contributed by atoms with Crippen LogP contribution < -0.4 is 10.1 Å². The van der Waals surface area contributed by atoms with Crippen molar-refractivity contribution in [3.63, 3.8) is 0 Å². The number of nitrogens with one attached hydrogen (secondary N) is 1. The molecule has 2 aliphatic rings. The van der Waals surface area contributed by atoms with Crippen LogP contribution in [0.4, 0.5) is 0 Å². The van der Waals surface area contributed by atoms with Gasteiger partial charge in [-0.05, 0) is 32.8 Å². The van der Waals surface area contributed by atoms with Crippen molar-refractivity contribution in [1.82, 2.24) is 35.5 Å². The van der Waals surface area contributed by atoms with E-state index in [1.807, 2.05) is 0 Å². The van der Waals surface area contributed by atoms with E-state index in [0.29, 0.717) is 23.0 Å². The summed E-state index contributed by atoms with van der Waals surface area (Å²) >= 11 is 0. The van der Waals surface area contributed by atoms with E-state index >= 15 is 0 Å². The third-order valence-corrected chi connectivity index (χ3v) is 5.86. The van der Waals surface area contributed by atoms with E-state index in [-0.39, 0.29) is 22.9 Å². The first-order valence-corrected chi connectivity index (χ1v) is 9.77. The monoisotopic (exact) mass is 393 g/mol. The Morgan fingerprint density at radius 3 is 2.45 bits per heavy atom. The molecule has 0 aliphatic carbocycles. The first kappa shape index (κ1) is 18.0. The third-order valence-electron chi connectivity index (χ3n) is 5.86. The summed E-state index contributed by atoms with van der Waals surface area (Å²) in [5.74, 6) is 0.475. The molecule has 0 unspecified atom stereocenters. The average molecular weight is 393 g/mol. The van der Waals surface area contributed by atoms with Crippen molar-refractivity contribution in [3.8, 4) is 28.7 Å². The van der Waals surface area contributed by atoms with E-state index in [9.17, 15) is 5.11 Å². The Morgan fingerprint density at radius 2 is 1.83 bits per heavy atom. The Bertz CT molecular complexity index is 1010. The second kappa shape index (κ2) is 6.48. The summed E-state index contributed by atoms with van der Waals surface area (Å²) in [4.78, 5) is 5.67. The highest BCUT2D eigenvalue weighted by molar-refractivity contribution is 5.63. The molecule has 2 fully saturated rings. The van der Waals surface area contributed by atoms with Crippen molar-refractivity contribution in [3.05, 3.63) is 36.8 Å². The first-order chi connectivity index (χ1) is 13.9. The number of aromatic nitrogens is 6. The smallest absolute Gasteiger partial charge is 0.233 e. The topological polar surface area (TPSA) is 111 Å². The summed E-state index contributed by atoms with van der Waals surface area (Å²) in [6, 6.07) is 5.08. The maximum Gasteiger partial charge on any atom is 0.233 e. The zero-order valence-corrected chi connectivity index (χ0v) is 16.4. The number of hydrogen-bond donors (Lipinski definition) is 2. The van der Waals surface area contributed by atoms with Crippen LogP contribution in [0.15, 0.2) is 36.8 Å². The molecule has 3 aromatic heterocycles. The fourth-order valence-electron chi connectivity index (χ4n) is 4.65. The molecular weight excluding hydrogens is 370 g/mol. The second-order valence-electron chi connectivity index (χ2n) is 8.53. The van der Waals surface area contributed by atoms with Crippen molar-refractivity contribution in [1.29, 1.82) is 0 Å². The molecule has 0 spiro atoms. The molecule has 9 nitrogen and oxygen atoms in total. The van der Waals surface area contributed by atoms with E-state index < -0.39 is 0 Å². The van der Waals surface area contributed by atoms with Gasteiger partial charge >= 0.3 is 0 Å². The molecule has 0 radical (unpaired) electrons. The number of rotatable bonds is 4. The van der Waals surface area contributed by atoms with Crippen molar-refractivity contribution in [2.45, 2.75) is 56.7 Å². The van der Waals surface area contributed by atoms with Gasteiger partial charge in [0.25, 0.3) is 0 Å². The Morgan fingerprint density at radius 1 is 1.10 bits per heavy atom. The summed E-state index contributed by atoms with van der Waals surface area (Å²) in [7, 11) is 0. The molecule has 5 rings (SSSR count). The Kier molecular flexibility index (Phi) is 4.02. The van der Waals surface area contributed by atoms with Crippen LogP contribution in [-0.4, -0.2) is 52.5 Å². The highest BCUT2D eigenvalue weighted by Gasteiger charge is 2.49. The minimum absolute atomic E-state index is 0.0152. The minimum Gasteiger partial charge on any atom is -0.506 e. The molecule has 150 valence electrons. The van der Waals surface area contributed by atoms with Gasteiger partial charge in [0.2, 0.25) is 5.88 Å². The average Bonchev–Trinajstić information content (AvgIpc) is 3.28. The lowest BCUT2D eigenvalue weighted by Gasteiger charge is -2.41. The molecule has 2 saturated heterocycles. The lowest BCUT2D eigenvalue weighted by molar-refractivity contribution is 0.0754. The largest absolute Gasteiger partial charge is 0.506 e. The van der Waals surface area contributed by atoms with Crippen molar-refractivity contribution >= 4 is 0 Å². The van der Waals surface area contributed by atoms with Gasteiger partial charge in [0, 0.05) is 36.1 Å². The van der Waals surface area contributed by atoms with Gasteiger partial charge in [-0.2, -0.15) is 10.2 Å². The third kappa shape index (κ3) is 3.42. The summed E-state index contributed by atoms with van der Waals surface area (Å²) in [5.41, 5.74) is 1.64. The van der Waals surface area contributed by atoms with Gasteiger partial charge in [0.1, 0.15) is 28.9 Å². The molecule has 9 heteroatoms. The van der Waals surface area contributed by atoms with Crippen LogP contribution in [0.1, 0.15) is 39.5 Å². The molecule has 0 aromatic carbocycles. The quantitative estimate of drug-likeness (QED) is 0.694. The van der Waals surface area contributed by atoms with Crippen molar-refractivity contribution in [2.24, 2.45) is 0 Å². The SMILES string of the molecule is C[C@]12CC[C@](C)(C[C@@H](Oc3ccc(-c4ncc(-n5nccn5)cc4O)nn3)C1)N2. The van der Waals surface area contributed by atoms with E-state index in [2.05, 4.69) is 44.5 Å². The van der Waals surface area contributed by atoms with E-state index in [4.69, 9.17) is 4.74 Å². The first-order valence-electron chi connectivity index (χ1n) is 9.77. The number of hydrogen-bond acceptors (Lipinski definition) is 8. The van der Waals surface area contributed by atoms with Gasteiger partial charge in [-0.1, -0.05) is 0 Å². The molecule has 3 atom stereocenters. The van der Waals surface area contributed by atoms with Gasteiger partial charge in [0.05, 0.1) is 18.6 Å². The maximum atomic E-state index is 10.4. The predicted octanol–water partition coefficient (Wildman–Crippen LogP) is 2.27. The number of fused-ring (bicyclic) bond motifs is 2. The van der Waals surface area contributed by atoms with Gasteiger partial charge in [-0.15, -0.1) is 15.0 Å². The number of piperidine rings is 1. The number of nitrogens with zero attached hydrogens (tertiary/aromatic N) is 6. The molecule has 2 bridgehead atoms. The standard InChI is InChI=1S/C20H23N7O2/c1-19-5-6-20(2,26-19)11-14(10-19)29-17-4-3-15(24-25-17)18-16(28)9-13(12-21-18)27-22-7-8-23-27/h3-4,7-9,12,14,26,28H,5-6,10-11H2,1-2H3/t14-,19-,20+. The summed E-state index contributed by atoms with van der Waals surface area (Å²) in [6.07, 6.45) is 9.06. The molecule has 29 heavy (non-hydrogen) atoms. The zero-order valence-electron chi connectivity index (χ0n) is 16.4. The second-order valence-corrected chi connectivity index (χ2v) is 8.53. The van der Waals surface area contributed by atoms with Gasteiger partial charge in [-0.3, -0.25) is 0 Å². The van der Waals surface area contributed by atoms with Crippen LogP contribution in [0, 0.1) is 0 Å². The van der Waals surface area contributed by atoms with Crippen LogP contribution in [0.3, 0.4) is 0 Å². The molecule has 0 amide bonds. The molecule has 0 saturated carbocycles. The summed E-state index contributed by atoms with van der Waals surface area (Å²) < 4.78 is 6.14. The van der Waals surface area contributed by atoms with Crippen LogP contribution in [-0.2, 0) is 0 Å². The van der Waals surface area contributed by atoms with Crippen LogP contribution >= 0.6 is 0 Å². The normalized spacial score (nSPS) is 28.4. The van der Waals surface area contributed by atoms with Crippen molar-refractivity contribution < 1.29 is 9.84 Å². The lowest BCUT2D eigenvalue weighted by atomic mass is 9.86. The molecule has 2 aliphatic heterocycles. The molecule has 2 N–H and O–H groups in total. The molecule has 3 aromatic rings. The Hall–Kier alpha value is -3.07. The highest BCUT2D eigenvalue weighted by atomic mass is 16.5. The summed E-state index contributed by atoms with van der Waals surface area (Å²) in [6.45, 7) is 4.53. The fourth-order valence-corrected chi connectivity index (χ4v) is 4.65. The number of aromatic hydroxyl groups is 1. The zero-order chi connectivity index (χ0) is 20.1. The number of pyridine rings is 1. The van der Waals surface area contributed by atoms with Crippen LogP contribution in [0.2, 0.25) is 0 Å². The predicted molar refractivity (Wildman–Crippen MR) is 105 cm³/mol. The van der Waals surface area contributed by atoms with Gasteiger partial charge < -0.3 is 15.2 Å². The molecule has 5 heterocycles. The van der Waals surface area contributed by atoms with Crippen LogP contribution in [0.5, 0.6) is 11.6 Å².